The van der Waals surface area contributed by atoms with E-state index in [4.69, 9.17) is 9.47 Å². The molecule has 2 aromatic rings. The monoisotopic (exact) mass is 532 g/mol. The highest BCUT2D eigenvalue weighted by Crippen LogP contribution is 2.34. The summed E-state index contributed by atoms with van der Waals surface area (Å²) in [5, 5.41) is 0. The van der Waals surface area contributed by atoms with Gasteiger partial charge in [-0.15, -0.1) is 0 Å². The molecule has 1 aliphatic rings. The van der Waals surface area contributed by atoms with Crippen molar-refractivity contribution in [2.45, 2.75) is 28.7 Å². The number of methoxy groups -OCH3 is 2. The summed E-state index contributed by atoms with van der Waals surface area (Å²) < 4.78 is 90.4. The minimum absolute atomic E-state index is 0.00693. The molecule has 1 fully saturated rings. The molecule has 2 aromatic carbocycles. The van der Waals surface area contributed by atoms with E-state index in [2.05, 4.69) is 4.72 Å². The van der Waals surface area contributed by atoms with Crippen molar-refractivity contribution in [2.75, 3.05) is 38.8 Å². The van der Waals surface area contributed by atoms with Crippen molar-refractivity contribution in [3.63, 3.8) is 0 Å². The Morgan fingerprint density at radius 3 is 1.85 bits per heavy atom. The van der Waals surface area contributed by atoms with Crippen LogP contribution in [0, 0.1) is 0 Å². The number of benzene rings is 2. The smallest absolute Gasteiger partial charge is 0.243 e. The number of sulfone groups is 1. The van der Waals surface area contributed by atoms with Crippen molar-refractivity contribution in [3.8, 4) is 11.5 Å². The summed E-state index contributed by atoms with van der Waals surface area (Å²) in [6, 6.07) is 11.5. The predicted octanol–water partition coefficient (Wildman–Crippen LogP) is 1.25. The largest absolute Gasteiger partial charge is 0.497 e. The fourth-order valence-electron chi connectivity index (χ4n) is 3.87. The summed E-state index contributed by atoms with van der Waals surface area (Å²) in [4.78, 5) is -0.0515. The summed E-state index contributed by atoms with van der Waals surface area (Å²) in [5.74, 6) is 0.467. The number of nitrogens with zero attached hydrogens (tertiary/aromatic N) is 1. The lowest BCUT2D eigenvalue weighted by atomic mass is 10.0. The maximum Gasteiger partial charge on any atom is 0.243 e. The van der Waals surface area contributed by atoms with E-state index in [1.54, 1.807) is 6.92 Å². The molecule has 0 amide bonds. The fraction of sp³-hybridized carbons (Fsp3) is 0.429. The van der Waals surface area contributed by atoms with Gasteiger partial charge in [-0.05, 0) is 61.9 Å². The van der Waals surface area contributed by atoms with Crippen LogP contribution in [0.5, 0.6) is 11.5 Å². The van der Waals surface area contributed by atoms with Crippen molar-refractivity contribution in [3.05, 3.63) is 48.5 Å². The quantitative estimate of drug-likeness (QED) is 0.483. The van der Waals surface area contributed by atoms with Gasteiger partial charge in [-0.3, -0.25) is 0 Å². The maximum absolute atomic E-state index is 13.5. The number of sulfonamides is 2. The Hall–Kier alpha value is -2.19. The lowest BCUT2D eigenvalue weighted by Crippen LogP contribution is -2.53. The van der Waals surface area contributed by atoms with Crippen LogP contribution in [-0.2, 0) is 29.9 Å². The minimum atomic E-state index is -4.15. The van der Waals surface area contributed by atoms with Gasteiger partial charge in [-0.2, -0.15) is 4.31 Å². The van der Waals surface area contributed by atoms with Crippen molar-refractivity contribution in [1.82, 2.24) is 9.03 Å². The Morgan fingerprint density at radius 2 is 1.41 bits per heavy atom. The lowest BCUT2D eigenvalue weighted by Gasteiger charge is -2.36. The van der Waals surface area contributed by atoms with E-state index in [-0.39, 0.29) is 40.8 Å². The van der Waals surface area contributed by atoms with Crippen LogP contribution in [-0.4, -0.2) is 73.9 Å². The number of rotatable bonds is 10. The zero-order chi connectivity index (χ0) is 25.2. The second kappa shape index (κ2) is 9.82. The third-order valence-electron chi connectivity index (χ3n) is 5.71. The van der Waals surface area contributed by atoms with Gasteiger partial charge in [0.05, 0.1) is 35.5 Å². The zero-order valence-electron chi connectivity index (χ0n) is 19.1. The lowest BCUT2D eigenvalue weighted by molar-refractivity contribution is 0.236. The van der Waals surface area contributed by atoms with Crippen LogP contribution in [0.3, 0.4) is 0 Å². The molecule has 0 spiro atoms. The first kappa shape index (κ1) is 26.4. The van der Waals surface area contributed by atoms with Gasteiger partial charge >= 0.3 is 0 Å². The number of hydrogen-bond acceptors (Lipinski definition) is 8. The zero-order valence-corrected chi connectivity index (χ0v) is 21.5. The first-order valence-electron chi connectivity index (χ1n) is 10.3. The highest BCUT2D eigenvalue weighted by molar-refractivity contribution is 7.92. The summed E-state index contributed by atoms with van der Waals surface area (Å²) in [6.45, 7) is 1.06. The molecule has 0 radical (unpaired) electrons. The molecule has 1 atom stereocenters. The molecule has 1 aliphatic heterocycles. The van der Waals surface area contributed by atoms with E-state index in [0.29, 0.717) is 11.5 Å². The van der Waals surface area contributed by atoms with Gasteiger partial charge in [0, 0.05) is 18.6 Å². The summed E-state index contributed by atoms with van der Waals surface area (Å²) in [5.41, 5.74) is -1.22. The number of nitrogens with one attached hydrogen (secondary N) is 1. The molecule has 1 N–H and O–H groups in total. The highest BCUT2D eigenvalue weighted by atomic mass is 32.2. The van der Waals surface area contributed by atoms with Crippen LogP contribution in [0.2, 0.25) is 0 Å². The molecular weight excluding hydrogens is 504 g/mol. The molecule has 1 heterocycles. The van der Waals surface area contributed by atoms with Crippen LogP contribution in [0.15, 0.2) is 58.3 Å². The molecular formula is C21H28N2O8S3. The van der Waals surface area contributed by atoms with Crippen molar-refractivity contribution < 1.29 is 34.7 Å². The molecule has 10 nitrogen and oxygen atoms in total. The summed E-state index contributed by atoms with van der Waals surface area (Å²) in [7, 11) is -8.59. The Labute approximate surface area is 200 Å². The van der Waals surface area contributed by atoms with Crippen LogP contribution in [0.1, 0.15) is 13.3 Å². The van der Waals surface area contributed by atoms with Crippen molar-refractivity contribution >= 4 is 29.9 Å². The van der Waals surface area contributed by atoms with Crippen LogP contribution < -0.4 is 14.2 Å². The summed E-state index contributed by atoms with van der Waals surface area (Å²) in [6.07, 6.45) is 0.107. The molecule has 188 valence electrons. The van der Waals surface area contributed by atoms with Gasteiger partial charge in [-0.25, -0.2) is 30.0 Å². The Morgan fingerprint density at radius 1 is 0.912 bits per heavy atom. The van der Waals surface area contributed by atoms with Gasteiger partial charge in [0.15, 0.2) is 9.84 Å². The van der Waals surface area contributed by atoms with Gasteiger partial charge in [0.2, 0.25) is 20.0 Å². The van der Waals surface area contributed by atoms with Gasteiger partial charge in [0.1, 0.15) is 11.5 Å². The Kier molecular flexibility index (Phi) is 7.63. The standard InChI is InChI=1S/C21H28N2O8S3/c1-21(12-15-32(24,25)16-21)23(34(28,29)20-10-6-18(31-3)7-11-20)14-13-22-33(26,27)19-8-4-17(30-2)5-9-19/h4-11,22H,12-16H2,1-3H3/t21-/m0/s1. The van der Waals surface area contributed by atoms with E-state index < -0.39 is 35.4 Å². The van der Waals surface area contributed by atoms with E-state index >= 15 is 0 Å². The topological polar surface area (TPSA) is 136 Å². The minimum Gasteiger partial charge on any atom is -0.497 e. The second-order valence-electron chi connectivity index (χ2n) is 8.16. The molecule has 3 rings (SSSR count). The van der Waals surface area contributed by atoms with Crippen molar-refractivity contribution in [2.24, 2.45) is 0 Å². The van der Waals surface area contributed by atoms with Gasteiger partial charge in [-0.1, -0.05) is 0 Å². The first-order chi connectivity index (χ1) is 15.8. The van der Waals surface area contributed by atoms with E-state index in [1.807, 2.05) is 0 Å². The van der Waals surface area contributed by atoms with Crippen LogP contribution >= 0.6 is 0 Å². The van der Waals surface area contributed by atoms with Crippen LogP contribution in [0.25, 0.3) is 0 Å². The number of ether oxygens (including phenoxy) is 2. The second-order valence-corrected chi connectivity index (χ2v) is 14.0. The molecule has 0 unspecified atom stereocenters. The highest BCUT2D eigenvalue weighted by Gasteiger charge is 2.47. The molecule has 0 saturated carbocycles. The molecule has 13 heteroatoms. The van der Waals surface area contributed by atoms with E-state index in [1.165, 1.54) is 62.8 Å². The molecule has 0 aliphatic carbocycles. The first-order valence-corrected chi connectivity index (χ1v) is 15.1. The molecule has 1 saturated heterocycles. The average molecular weight is 533 g/mol. The third-order valence-corrected chi connectivity index (χ3v) is 11.1. The van der Waals surface area contributed by atoms with Gasteiger partial charge < -0.3 is 9.47 Å². The van der Waals surface area contributed by atoms with Crippen LogP contribution in [0.4, 0.5) is 0 Å². The van der Waals surface area contributed by atoms with Gasteiger partial charge in [0.25, 0.3) is 0 Å². The average Bonchev–Trinajstić information content (AvgIpc) is 3.09. The van der Waals surface area contributed by atoms with E-state index in [0.717, 1.165) is 4.31 Å². The predicted molar refractivity (Wildman–Crippen MR) is 127 cm³/mol. The molecule has 0 aromatic heterocycles. The Bertz CT molecular complexity index is 1320. The third kappa shape index (κ3) is 5.71. The molecule has 34 heavy (non-hydrogen) atoms. The SMILES string of the molecule is COc1ccc(S(=O)(=O)NCCN([C@@]2(C)CCS(=O)(=O)C2)S(=O)(=O)c2ccc(OC)cc2)cc1. The van der Waals surface area contributed by atoms with E-state index in [9.17, 15) is 25.3 Å². The normalized spacial score (nSPS) is 20.4. The fourth-order valence-corrected chi connectivity index (χ4v) is 8.91. The molecule has 0 bridgehead atoms. The Balaban J connectivity index is 1.87. The maximum atomic E-state index is 13.5. The number of hydrogen-bond donors (Lipinski definition) is 1. The summed E-state index contributed by atoms with van der Waals surface area (Å²) >= 11 is 0. The van der Waals surface area contributed by atoms with Crippen molar-refractivity contribution in [1.29, 1.82) is 0 Å².